The number of hydrogen-bond acceptors (Lipinski definition) is 2. The summed E-state index contributed by atoms with van der Waals surface area (Å²) in [6, 6.07) is 7.84. The van der Waals surface area contributed by atoms with Crippen molar-refractivity contribution in [2.45, 2.75) is 13.8 Å². The maximum Gasteiger partial charge on any atom is 0.0388 e. The molecule has 0 radical (unpaired) electrons. The molecule has 0 saturated heterocycles. The zero-order valence-corrected chi connectivity index (χ0v) is 9.38. The van der Waals surface area contributed by atoms with Crippen LogP contribution in [-0.4, -0.2) is 0 Å². The van der Waals surface area contributed by atoms with Crippen molar-refractivity contribution >= 4 is 11.4 Å². The molecule has 0 aliphatic carbocycles. The van der Waals surface area contributed by atoms with Crippen LogP contribution in [0.2, 0.25) is 0 Å². The maximum absolute atomic E-state index is 5.63. The Morgan fingerprint density at radius 3 is 2.53 bits per heavy atom. The SMILES string of the molecule is C=C(N)c1cccc(NC(=C)C(C)C)c1. The molecule has 0 heterocycles. The summed E-state index contributed by atoms with van der Waals surface area (Å²) in [5.74, 6) is 0.412. The van der Waals surface area contributed by atoms with Gasteiger partial charge in [-0.2, -0.15) is 0 Å². The highest BCUT2D eigenvalue weighted by molar-refractivity contribution is 5.65. The molecule has 0 aliphatic heterocycles. The van der Waals surface area contributed by atoms with Crippen LogP contribution in [0.5, 0.6) is 0 Å². The number of nitrogens with one attached hydrogen (secondary N) is 1. The van der Waals surface area contributed by atoms with Gasteiger partial charge in [0.05, 0.1) is 0 Å². The molecule has 0 atom stereocenters. The van der Waals surface area contributed by atoms with E-state index in [2.05, 4.69) is 32.3 Å². The smallest absolute Gasteiger partial charge is 0.0388 e. The largest absolute Gasteiger partial charge is 0.399 e. The molecular weight excluding hydrogens is 184 g/mol. The minimum Gasteiger partial charge on any atom is -0.399 e. The van der Waals surface area contributed by atoms with Gasteiger partial charge >= 0.3 is 0 Å². The topological polar surface area (TPSA) is 38.0 Å². The van der Waals surface area contributed by atoms with Crippen LogP contribution in [-0.2, 0) is 0 Å². The van der Waals surface area contributed by atoms with Crippen LogP contribution >= 0.6 is 0 Å². The van der Waals surface area contributed by atoms with Crippen molar-refractivity contribution in [1.29, 1.82) is 0 Å². The lowest BCUT2D eigenvalue weighted by Gasteiger charge is -2.13. The standard InChI is InChI=1S/C13H18N2/c1-9(2)11(4)15-13-7-5-6-12(8-13)10(3)14/h5-9,15H,3-4,14H2,1-2H3. The van der Waals surface area contributed by atoms with Crippen molar-refractivity contribution in [3.63, 3.8) is 0 Å². The summed E-state index contributed by atoms with van der Waals surface area (Å²) in [5, 5.41) is 3.25. The third kappa shape index (κ3) is 3.17. The minimum absolute atomic E-state index is 0.412. The van der Waals surface area contributed by atoms with Crippen molar-refractivity contribution in [3.8, 4) is 0 Å². The molecule has 0 aromatic heterocycles. The third-order valence-electron chi connectivity index (χ3n) is 2.24. The fourth-order valence-electron chi connectivity index (χ4n) is 1.13. The normalized spacial score (nSPS) is 10.1. The molecule has 0 bridgehead atoms. The van der Waals surface area contributed by atoms with E-state index in [1.807, 2.05) is 24.3 Å². The second kappa shape index (κ2) is 4.69. The molecule has 3 N–H and O–H groups in total. The Morgan fingerprint density at radius 2 is 2.00 bits per heavy atom. The van der Waals surface area contributed by atoms with Crippen molar-refractivity contribution in [2.75, 3.05) is 5.32 Å². The Kier molecular flexibility index (Phi) is 3.56. The predicted octanol–water partition coefficient (Wildman–Crippen LogP) is 3.20. The molecular formula is C13H18N2. The third-order valence-corrected chi connectivity index (χ3v) is 2.24. The van der Waals surface area contributed by atoms with Gasteiger partial charge in [0.1, 0.15) is 0 Å². The van der Waals surface area contributed by atoms with Gasteiger partial charge in [-0.25, -0.2) is 0 Å². The second-order valence-electron chi connectivity index (χ2n) is 3.91. The van der Waals surface area contributed by atoms with Gasteiger partial charge in [-0.05, 0) is 23.6 Å². The van der Waals surface area contributed by atoms with E-state index in [1.54, 1.807) is 0 Å². The van der Waals surface area contributed by atoms with Gasteiger partial charge in [0.25, 0.3) is 0 Å². The van der Waals surface area contributed by atoms with E-state index < -0.39 is 0 Å². The number of benzene rings is 1. The first kappa shape index (κ1) is 11.4. The number of hydrogen-bond donors (Lipinski definition) is 2. The quantitative estimate of drug-likeness (QED) is 0.786. The minimum atomic E-state index is 0.412. The van der Waals surface area contributed by atoms with Gasteiger partial charge in [-0.3, -0.25) is 0 Å². The van der Waals surface area contributed by atoms with E-state index in [-0.39, 0.29) is 0 Å². The lowest BCUT2D eigenvalue weighted by molar-refractivity contribution is 0.778. The van der Waals surface area contributed by atoms with Crippen LogP contribution in [0.3, 0.4) is 0 Å². The lowest BCUT2D eigenvalue weighted by Crippen LogP contribution is -2.04. The van der Waals surface area contributed by atoms with Crippen LogP contribution in [0.25, 0.3) is 5.70 Å². The molecule has 0 fully saturated rings. The average molecular weight is 202 g/mol. The van der Waals surface area contributed by atoms with Gasteiger partial charge in [0.15, 0.2) is 0 Å². The zero-order chi connectivity index (χ0) is 11.4. The second-order valence-corrected chi connectivity index (χ2v) is 3.91. The molecule has 0 spiro atoms. The van der Waals surface area contributed by atoms with E-state index in [0.717, 1.165) is 16.9 Å². The molecule has 15 heavy (non-hydrogen) atoms. The summed E-state index contributed by atoms with van der Waals surface area (Å²) in [7, 11) is 0. The van der Waals surface area contributed by atoms with Gasteiger partial charge in [-0.1, -0.05) is 39.1 Å². The molecule has 1 aromatic carbocycles. The van der Waals surface area contributed by atoms with Crippen molar-refractivity contribution < 1.29 is 0 Å². The first-order chi connectivity index (χ1) is 7.00. The van der Waals surface area contributed by atoms with E-state index in [4.69, 9.17) is 5.73 Å². The van der Waals surface area contributed by atoms with Crippen LogP contribution in [0.1, 0.15) is 19.4 Å². The highest BCUT2D eigenvalue weighted by Crippen LogP contribution is 2.17. The number of allylic oxidation sites excluding steroid dienone is 1. The summed E-state index contributed by atoms with van der Waals surface area (Å²) >= 11 is 0. The highest BCUT2D eigenvalue weighted by atomic mass is 14.9. The van der Waals surface area contributed by atoms with Crippen LogP contribution < -0.4 is 11.1 Å². The molecule has 0 unspecified atom stereocenters. The Balaban J connectivity index is 2.83. The molecule has 2 nitrogen and oxygen atoms in total. The van der Waals surface area contributed by atoms with Gasteiger partial charge in [0.2, 0.25) is 0 Å². The van der Waals surface area contributed by atoms with E-state index in [9.17, 15) is 0 Å². The molecule has 2 heteroatoms. The molecule has 80 valence electrons. The molecule has 0 amide bonds. The van der Waals surface area contributed by atoms with Crippen molar-refractivity contribution in [3.05, 3.63) is 48.7 Å². The fourth-order valence-corrected chi connectivity index (χ4v) is 1.13. The Labute approximate surface area is 91.5 Å². The van der Waals surface area contributed by atoms with Crippen molar-refractivity contribution in [1.82, 2.24) is 0 Å². The van der Waals surface area contributed by atoms with Crippen LogP contribution in [0.4, 0.5) is 5.69 Å². The number of nitrogens with two attached hydrogens (primary N) is 1. The first-order valence-electron chi connectivity index (χ1n) is 5.01. The fraction of sp³-hybridized carbons (Fsp3) is 0.231. The molecule has 0 saturated carbocycles. The summed E-state index contributed by atoms with van der Waals surface area (Å²) in [4.78, 5) is 0. The number of anilines is 1. The van der Waals surface area contributed by atoms with E-state index in [0.29, 0.717) is 11.6 Å². The molecule has 1 aromatic rings. The predicted molar refractivity (Wildman–Crippen MR) is 67.3 cm³/mol. The van der Waals surface area contributed by atoms with Gasteiger partial charge < -0.3 is 11.1 Å². The summed E-state index contributed by atoms with van der Waals surface area (Å²) in [5.41, 5.74) is 9.14. The van der Waals surface area contributed by atoms with Crippen molar-refractivity contribution in [2.24, 2.45) is 11.7 Å². The first-order valence-corrected chi connectivity index (χ1v) is 5.01. The molecule has 0 aliphatic rings. The number of rotatable bonds is 4. The monoisotopic (exact) mass is 202 g/mol. The average Bonchev–Trinajstić information content (AvgIpc) is 2.18. The van der Waals surface area contributed by atoms with Gasteiger partial charge in [0, 0.05) is 17.1 Å². The Bertz CT molecular complexity index is 378. The van der Waals surface area contributed by atoms with E-state index in [1.165, 1.54) is 0 Å². The lowest BCUT2D eigenvalue weighted by atomic mass is 10.1. The zero-order valence-electron chi connectivity index (χ0n) is 9.38. The summed E-state index contributed by atoms with van der Waals surface area (Å²) in [6.45, 7) is 11.9. The Hall–Kier alpha value is -1.70. The summed E-state index contributed by atoms with van der Waals surface area (Å²) in [6.07, 6.45) is 0. The maximum atomic E-state index is 5.63. The molecule has 1 rings (SSSR count). The summed E-state index contributed by atoms with van der Waals surface area (Å²) < 4.78 is 0. The van der Waals surface area contributed by atoms with E-state index >= 15 is 0 Å². The Morgan fingerprint density at radius 1 is 1.33 bits per heavy atom. The highest BCUT2D eigenvalue weighted by Gasteiger charge is 2.01. The van der Waals surface area contributed by atoms with Gasteiger partial charge in [-0.15, -0.1) is 0 Å². The van der Waals surface area contributed by atoms with Crippen LogP contribution in [0.15, 0.2) is 43.1 Å². The van der Waals surface area contributed by atoms with Crippen LogP contribution in [0, 0.1) is 5.92 Å².